The Morgan fingerprint density at radius 3 is 2.84 bits per heavy atom. The van der Waals surface area contributed by atoms with Gasteiger partial charge < -0.3 is 0 Å². The SMILES string of the molecule is CCCC1C2=CC=CCC2CC1[SiH2]c1ccccc1. The Hall–Kier alpha value is -1.08. The number of rotatable bonds is 4. The van der Waals surface area contributed by atoms with Crippen molar-refractivity contribution in [2.24, 2.45) is 11.8 Å². The smallest absolute Gasteiger partial charge is 0.0584 e. The molecule has 1 heteroatoms. The molecule has 0 aromatic heterocycles. The third-order valence-corrected chi connectivity index (χ3v) is 7.21. The fraction of sp³-hybridized carbons (Fsp3) is 0.444. The third kappa shape index (κ3) is 2.76. The molecule has 0 spiro atoms. The van der Waals surface area contributed by atoms with Crippen LogP contribution >= 0.6 is 0 Å². The van der Waals surface area contributed by atoms with Crippen LogP contribution < -0.4 is 5.19 Å². The predicted molar refractivity (Wildman–Crippen MR) is 86.7 cm³/mol. The van der Waals surface area contributed by atoms with E-state index in [-0.39, 0.29) is 9.52 Å². The molecule has 19 heavy (non-hydrogen) atoms. The highest BCUT2D eigenvalue weighted by molar-refractivity contribution is 6.55. The first-order valence-corrected chi connectivity index (χ1v) is 9.31. The van der Waals surface area contributed by atoms with Crippen molar-refractivity contribution in [3.8, 4) is 0 Å². The molecule has 3 rings (SSSR count). The standard InChI is InChI=1S/C18H24Si/c1-2-8-17-16-12-7-6-9-14(16)13-18(17)19-15-10-4-3-5-11-15/h3-7,10-12,14,17-18H,2,8-9,13,19H2,1H3. The van der Waals surface area contributed by atoms with Crippen molar-refractivity contribution in [1.82, 2.24) is 0 Å². The van der Waals surface area contributed by atoms with Gasteiger partial charge in [-0.2, -0.15) is 0 Å². The highest BCUT2D eigenvalue weighted by Gasteiger charge is 2.37. The van der Waals surface area contributed by atoms with Gasteiger partial charge in [-0.05, 0) is 36.6 Å². The van der Waals surface area contributed by atoms with Gasteiger partial charge in [-0.1, -0.05) is 72.7 Å². The molecule has 2 aliphatic carbocycles. The molecule has 0 amide bonds. The molecule has 0 bridgehead atoms. The summed E-state index contributed by atoms with van der Waals surface area (Å²) in [5.74, 6) is 1.77. The lowest BCUT2D eigenvalue weighted by Crippen LogP contribution is -2.22. The number of allylic oxidation sites excluding steroid dienone is 4. The largest absolute Gasteiger partial charge is 0.0839 e. The molecular weight excluding hydrogens is 244 g/mol. The average molecular weight is 268 g/mol. The van der Waals surface area contributed by atoms with Crippen molar-refractivity contribution in [2.45, 2.75) is 38.1 Å². The highest BCUT2D eigenvalue weighted by Crippen LogP contribution is 2.49. The van der Waals surface area contributed by atoms with Gasteiger partial charge in [-0.25, -0.2) is 0 Å². The quantitative estimate of drug-likeness (QED) is 0.732. The Labute approximate surface area is 119 Å². The van der Waals surface area contributed by atoms with E-state index in [2.05, 4.69) is 55.5 Å². The molecule has 3 atom stereocenters. The maximum Gasteiger partial charge on any atom is 0.0584 e. The molecule has 0 aliphatic heterocycles. The van der Waals surface area contributed by atoms with Crippen LogP contribution in [-0.2, 0) is 0 Å². The summed E-state index contributed by atoms with van der Waals surface area (Å²) in [7, 11) is -0.126. The number of hydrogen-bond donors (Lipinski definition) is 0. The average Bonchev–Trinajstić information content (AvgIpc) is 2.79. The van der Waals surface area contributed by atoms with Gasteiger partial charge in [0.15, 0.2) is 0 Å². The summed E-state index contributed by atoms with van der Waals surface area (Å²) in [6, 6.07) is 11.3. The Kier molecular flexibility index (Phi) is 4.02. The number of fused-ring (bicyclic) bond motifs is 1. The normalized spacial score (nSPS) is 29.7. The van der Waals surface area contributed by atoms with Crippen molar-refractivity contribution < 1.29 is 0 Å². The van der Waals surface area contributed by atoms with Crippen LogP contribution in [0.3, 0.4) is 0 Å². The lowest BCUT2D eigenvalue weighted by atomic mass is 9.89. The predicted octanol–water partition coefficient (Wildman–Crippen LogP) is 3.59. The summed E-state index contributed by atoms with van der Waals surface area (Å²) in [4.78, 5) is 0. The van der Waals surface area contributed by atoms with Gasteiger partial charge in [0, 0.05) is 0 Å². The summed E-state index contributed by atoms with van der Waals surface area (Å²) in [6.45, 7) is 2.34. The van der Waals surface area contributed by atoms with E-state index in [1.54, 1.807) is 10.8 Å². The van der Waals surface area contributed by atoms with E-state index in [1.165, 1.54) is 25.7 Å². The first-order chi connectivity index (χ1) is 9.38. The number of benzene rings is 1. The van der Waals surface area contributed by atoms with Gasteiger partial charge in [0.25, 0.3) is 0 Å². The molecule has 1 aromatic carbocycles. The van der Waals surface area contributed by atoms with Crippen LogP contribution in [0.15, 0.2) is 54.1 Å². The summed E-state index contributed by atoms with van der Waals surface area (Å²) in [5.41, 5.74) is 2.79. The first kappa shape index (κ1) is 12.9. The van der Waals surface area contributed by atoms with Crippen LogP contribution in [0.4, 0.5) is 0 Å². The van der Waals surface area contributed by atoms with Gasteiger partial charge in [0.1, 0.15) is 0 Å². The molecular formula is C18H24Si. The molecule has 0 nitrogen and oxygen atoms in total. The summed E-state index contributed by atoms with van der Waals surface area (Å²) in [6.07, 6.45) is 12.6. The van der Waals surface area contributed by atoms with Crippen LogP contribution in [-0.4, -0.2) is 9.52 Å². The van der Waals surface area contributed by atoms with E-state index in [4.69, 9.17) is 0 Å². The Bertz CT molecular complexity index is 472. The van der Waals surface area contributed by atoms with Crippen molar-refractivity contribution in [2.75, 3.05) is 0 Å². The van der Waals surface area contributed by atoms with E-state index < -0.39 is 0 Å². The molecule has 1 aromatic rings. The van der Waals surface area contributed by atoms with Crippen molar-refractivity contribution in [1.29, 1.82) is 0 Å². The Balaban J connectivity index is 1.78. The van der Waals surface area contributed by atoms with Crippen LogP contribution in [0.5, 0.6) is 0 Å². The number of hydrogen-bond acceptors (Lipinski definition) is 0. The van der Waals surface area contributed by atoms with Gasteiger partial charge in [-0.15, -0.1) is 0 Å². The summed E-state index contributed by atoms with van der Waals surface area (Å²) in [5, 5.41) is 1.65. The van der Waals surface area contributed by atoms with Gasteiger partial charge in [0.2, 0.25) is 0 Å². The second kappa shape index (κ2) is 5.92. The topological polar surface area (TPSA) is 0 Å². The van der Waals surface area contributed by atoms with E-state index in [0.29, 0.717) is 0 Å². The van der Waals surface area contributed by atoms with Crippen molar-refractivity contribution in [3.05, 3.63) is 54.1 Å². The molecule has 0 N–H and O–H groups in total. The van der Waals surface area contributed by atoms with E-state index in [1.807, 2.05) is 0 Å². The summed E-state index contributed by atoms with van der Waals surface area (Å²) < 4.78 is 0. The van der Waals surface area contributed by atoms with E-state index in [0.717, 1.165) is 17.4 Å². The molecule has 1 fully saturated rings. The van der Waals surface area contributed by atoms with E-state index in [9.17, 15) is 0 Å². The third-order valence-electron chi connectivity index (χ3n) is 4.84. The highest BCUT2D eigenvalue weighted by atomic mass is 28.2. The second-order valence-electron chi connectivity index (χ2n) is 6.11. The van der Waals surface area contributed by atoms with Gasteiger partial charge >= 0.3 is 0 Å². The van der Waals surface area contributed by atoms with Gasteiger partial charge in [-0.3, -0.25) is 0 Å². The first-order valence-electron chi connectivity index (χ1n) is 7.79. The second-order valence-corrected chi connectivity index (χ2v) is 8.38. The lowest BCUT2D eigenvalue weighted by Gasteiger charge is -2.21. The zero-order chi connectivity index (χ0) is 13.1. The molecule has 2 aliphatic rings. The molecule has 0 radical (unpaired) electrons. The van der Waals surface area contributed by atoms with Gasteiger partial charge in [0.05, 0.1) is 9.52 Å². The monoisotopic (exact) mass is 268 g/mol. The van der Waals surface area contributed by atoms with Crippen molar-refractivity contribution in [3.63, 3.8) is 0 Å². The zero-order valence-corrected chi connectivity index (χ0v) is 13.3. The Morgan fingerprint density at radius 2 is 2.05 bits per heavy atom. The molecule has 0 saturated heterocycles. The fourth-order valence-corrected chi connectivity index (χ4v) is 6.52. The molecule has 100 valence electrons. The van der Waals surface area contributed by atoms with Crippen LogP contribution in [0.2, 0.25) is 5.54 Å². The minimum atomic E-state index is -0.126. The van der Waals surface area contributed by atoms with Crippen LogP contribution in [0, 0.1) is 11.8 Å². The molecule has 3 unspecified atom stereocenters. The summed E-state index contributed by atoms with van der Waals surface area (Å²) >= 11 is 0. The zero-order valence-electron chi connectivity index (χ0n) is 11.9. The molecule has 0 heterocycles. The van der Waals surface area contributed by atoms with E-state index >= 15 is 0 Å². The van der Waals surface area contributed by atoms with Crippen molar-refractivity contribution >= 4 is 14.7 Å². The lowest BCUT2D eigenvalue weighted by molar-refractivity contribution is 0.560. The maximum atomic E-state index is 2.44. The molecule has 1 saturated carbocycles. The minimum absolute atomic E-state index is 0.126. The minimum Gasteiger partial charge on any atom is -0.0839 e. The van der Waals surface area contributed by atoms with Crippen LogP contribution in [0.1, 0.15) is 32.6 Å². The Morgan fingerprint density at radius 1 is 1.21 bits per heavy atom. The maximum absolute atomic E-state index is 2.44. The fourth-order valence-electron chi connectivity index (χ4n) is 4.01. The van der Waals surface area contributed by atoms with Crippen LogP contribution in [0.25, 0.3) is 0 Å².